The highest BCUT2D eigenvalue weighted by molar-refractivity contribution is 7.87. The second kappa shape index (κ2) is 7.32. The smallest absolute Gasteiger partial charge is 0.266 e. The molecular weight excluding hydrogens is 282 g/mol. The molecule has 1 heterocycles. The van der Waals surface area contributed by atoms with Crippen molar-refractivity contribution in [2.24, 2.45) is 0 Å². The molecule has 1 atom stereocenters. The van der Waals surface area contributed by atoms with Crippen LogP contribution >= 0.6 is 11.3 Å². The predicted molar refractivity (Wildman–Crippen MR) is 67.6 cm³/mol. The molecule has 0 spiro atoms. The molecule has 100 valence electrons. The normalized spacial score (nSPS) is 13.4. The zero-order valence-electron chi connectivity index (χ0n) is 9.64. The highest BCUT2D eigenvalue weighted by atomic mass is 32.2. The second-order valence-electron chi connectivity index (χ2n) is 3.22. The highest BCUT2D eigenvalue weighted by Crippen LogP contribution is 2.16. The van der Waals surface area contributed by atoms with Crippen LogP contribution in [0.15, 0.2) is 22.7 Å². The molecule has 0 amide bonds. The number of allylic oxidation sites excluding steroid dienone is 1. The molecule has 0 aliphatic heterocycles. The van der Waals surface area contributed by atoms with Crippen LogP contribution in [0.4, 0.5) is 8.78 Å². The Balaban J connectivity index is 2.62. The monoisotopic (exact) mass is 294 g/mol. The molecule has 0 N–H and O–H groups in total. The van der Waals surface area contributed by atoms with Gasteiger partial charge in [-0.05, 0) is 19.4 Å². The molecule has 0 radical (unpaired) electrons. The van der Waals surface area contributed by atoms with Crippen molar-refractivity contribution in [3.05, 3.63) is 28.4 Å². The Hall–Kier alpha value is -1.15. The van der Waals surface area contributed by atoms with Crippen molar-refractivity contribution in [1.29, 1.82) is 0 Å². The summed E-state index contributed by atoms with van der Waals surface area (Å²) < 4.78 is 36.3. The van der Waals surface area contributed by atoms with Gasteiger partial charge in [-0.3, -0.25) is 4.21 Å². The zero-order valence-corrected chi connectivity index (χ0v) is 11.3. The fourth-order valence-electron chi connectivity index (χ4n) is 1.03. The Morgan fingerprint density at radius 2 is 2.39 bits per heavy atom. The van der Waals surface area contributed by atoms with Gasteiger partial charge >= 0.3 is 0 Å². The van der Waals surface area contributed by atoms with Gasteiger partial charge in [0, 0.05) is 5.75 Å². The average molecular weight is 294 g/mol. The molecule has 0 aromatic carbocycles. The van der Waals surface area contributed by atoms with Crippen molar-refractivity contribution in [2.75, 3.05) is 12.3 Å². The van der Waals surface area contributed by atoms with Gasteiger partial charge in [-0.2, -0.15) is 8.78 Å². The van der Waals surface area contributed by atoms with Crippen LogP contribution in [-0.2, 0) is 10.8 Å². The van der Waals surface area contributed by atoms with E-state index in [1.54, 1.807) is 6.92 Å². The van der Waals surface area contributed by atoms with Gasteiger partial charge in [-0.1, -0.05) is 11.3 Å². The fourth-order valence-corrected chi connectivity index (χ4v) is 3.20. The van der Waals surface area contributed by atoms with Crippen molar-refractivity contribution in [3.63, 3.8) is 0 Å². The molecule has 4 nitrogen and oxygen atoms in total. The van der Waals surface area contributed by atoms with Crippen molar-refractivity contribution in [3.8, 4) is 0 Å². The van der Waals surface area contributed by atoms with E-state index in [9.17, 15) is 18.2 Å². The lowest BCUT2D eigenvalue weighted by atomic mass is 10.5. The maximum atomic E-state index is 11.8. The summed E-state index contributed by atoms with van der Waals surface area (Å²) >= 11 is 1.13. The maximum Gasteiger partial charge on any atom is 0.266 e. The zero-order chi connectivity index (χ0) is 13.5. The van der Waals surface area contributed by atoms with E-state index in [0.717, 1.165) is 22.2 Å². The quantitative estimate of drug-likeness (QED) is 0.350. The molecule has 1 aromatic rings. The molecule has 1 rings (SSSR count). The minimum absolute atomic E-state index is 0.0379. The number of thiazole rings is 1. The second-order valence-corrected chi connectivity index (χ2v) is 6.03. The highest BCUT2D eigenvalue weighted by Gasteiger charge is 2.09. The summed E-state index contributed by atoms with van der Waals surface area (Å²) in [6.45, 7) is 2.03. The Bertz CT molecular complexity index is 482. The molecule has 18 heavy (non-hydrogen) atoms. The lowest BCUT2D eigenvalue weighted by Crippen LogP contribution is -2.02. The minimum atomic E-state index is -1.77. The van der Waals surface area contributed by atoms with Crippen LogP contribution in [0.3, 0.4) is 0 Å². The first-order chi connectivity index (χ1) is 8.52. The molecular formula is C10H12F2N2O2S2. The lowest BCUT2D eigenvalue weighted by molar-refractivity contribution is -0.447. The minimum Gasteiger partial charge on any atom is -0.624 e. The number of hydroxylamine groups is 1. The lowest BCUT2D eigenvalue weighted by Gasteiger charge is -1.96. The first-order valence-corrected chi connectivity index (χ1v) is 7.30. The maximum absolute atomic E-state index is 11.8. The molecule has 1 unspecified atom stereocenters. The predicted octanol–water partition coefficient (Wildman–Crippen LogP) is 2.37. The Labute approximate surface area is 110 Å². The topological polar surface area (TPSA) is 56.0 Å². The molecule has 1 aromatic heterocycles. The van der Waals surface area contributed by atoms with Crippen molar-refractivity contribution in [2.45, 2.75) is 17.7 Å². The molecule has 0 saturated carbocycles. The number of hydrogen-bond acceptors (Lipinski definition) is 4. The van der Waals surface area contributed by atoms with Gasteiger partial charge in [0.2, 0.25) is 0 Å². The standard InChI is InChI=1S/C10H12F2N2O2S2/c1-2-14(15)7-8-6-13-10(17-8)18(16)5-3-4-9(11)12/h4,6-7H,2-3,5H2,1H3/b14-7-. The van der Waals surface area contributed by atoms with Crippen molar-refractivity contribution in [1.82, 2.24) is 4.98 Å². The van der Waals surface area contributed by atoms with E-state index < -0.39 is 16.9 Å². The van der Waals surface area contributed by atoms with Gasteiger partial charge < -0.3 is 5.21 Å². The first kappa shape index (κ1) is 14.9. The SMILES string of the molecule is CC/[N+]([O-])=C/c1cnc(S(=O)CCC=C(F)F)s1. The van der Waals surface area contributed by atoms with Gasteiger partial charge in [-0.15, -0.1) is 0 Å². The van der Waals surface area contributed by atoms with E-state index in [-0.39, 0.29) is 12.2 Å². The summed E-state index contributed by atoms with van der Waals surface area (Å²) in [6, 6.07) is 0. The number of nitrogens with zero attached hydrogens (tertiary/aromatic N) is 2. The van der Waals surface area contributed by atoms with E-state index in [1.807, 2.05) is 0 Å². The van der Waals surface area contributed by atoms with Gasteiger partial charge in [0.05, 0.1) is 17.0 Å². The summed E-state index contributed by atoms with van der Waals surface area (Å²) in [4.78, 5) is 4.51. The Morgan fingerprint density at radius 1 is 1.67 bits per heavy atom. The molecule has 0 fully saturated rings. The van der Waals surface area contributed by atoms with Crippen LogP contribution in [0.25, 0.3) is 0 Å². The molecule has 0 aliphatic rings. The van der Waals surface area contributed by atoms with E-state index in [1.165, 1.54) is 12.4 Å². The third kappa shape index (κ3) is 5.01. The number of rotatable bonds is 6. The van der Waals surface area contributed by atoms with Crippen LogP contribution in [0, 0.1) is 5.21 Å². The van der Waals surface area contributed by atoms with E-state index >= 15 is 0 Å². The third-order valence-corrected chi connectivity index (χ3v) is 4.52. The van der Waals surface area contributed by atoms with E-state index in [0.29, 0.717) is 15.8 Å². The largest absolute Gasteiger partial charge is 0.624 e. The summed E-state index contributed by atoms with van der Waals surface area (Å²) in [7, 11) is -1.41. The summed E-state index contributed by atoms with van der Waals surface area (Å²) in [6.07, 6.45) is 1.81. The summed E-state index contributed by atoms with van der Waals surface area (Å²) in [5.74, 6) is 0.0964. The van der Waals surface area contributed by atoms with Gasteiger partial charge in [0.1, 0.15) is 4.88 Å². The van der Waals surface area contributed by atoms with Crippen molar-refractivity contribution >= 4 is 28.4 Å². The molecule has 0 bridgehead atoms. The third-order valence-electron chi connectivity index (χ3n) is 1.88. The van der Waals surface area contributed by atoms with Crippen molar-refractivity contribution < 1.29 is 17.7 Å². The van der Waals surface area contributed by atoms with Crippen LogP contribution in [0.2, 0.25) is 0 Å². The first-order valence-electron chi connectivity index (χ1n) is 5.17. The number of aromatic nitrogens is 1. The Morgan fingerprint density at radius 3 is 3.00 bits per heavy atom. The summed E-state index contributed by atoms with van der Waals surface area (Å²) in [5.41, 5.74) is 0. The Kier molecular flexibility index (Phi) is 6.06. The molecule has 0 aliphatic carbocycles. The molecule has 8 heteroatoms. The number of hydrogen-bond donors (Lipinski definition) is 0. The van der Waals surface area contributed by atoms with Gasteiger partial charge in [0.15, 0.2) is 17.1 Å². The average Bonchev–Trinajstić information content (AvgIpc) is 2.76. The molecule has 0 saturated heterocycles. The van der Waals surface area contributed by atoms with E-state index in [2.05, 4.69) is 4.98 Å². The van der Waals surface area contributed by atoms with Crippen LogP contribution in [0.5, 0.6) is 0 Å². The van der Waals surface area contributed by atoms with Crippen LogP contribution < -0.4 is 0 Å². The van der Waals surface area contributed by atoms with E-state index in [4.69, 9.17) is 0 Å². The van der Waals surface area contributed by atoms with Gasteiger partial charge in [-0.25, -0.2) is 9.72 Å². The van der Waals surface area contributed by atoms with Crippen LogP contribution in [-0.4, -0.2) is 32.4 Å². The number of halogens is 2. The van der Waals surface area contributed by atoms with Crippen LogP contribution in [0.1, 0.15) is 18.2 Å². The fraction of sp³-hybridized carbons (Fsp3) is 0.400. The summed E-state index contributed by atoms with van der Waals surface area (Å²) in [5, 5.41) is 11.1. The van der Waals surface area contributed by atoms with Gasteiger partial charge in [0.25, 0.3) is 6.08 Å².